The Labute approximate surface area is 98.9 Å². The highest BCUT2D eigenvalue weighted by atomic mass is 19.4. The number of alkyl halides is 3. The van der Waals surface area contributed by atoms with Gasteiger partial charge in [0.15, 0.2) is 0 Å². The molecule has 0 aromatic heterocycles. The summed E-state index contributed by atoms with van der Waals surface area (Å²) in [4.78, 5) is 0. The molecule has 2 atom stereocenters. The zero-order valence-corrected chi connectivity index (χ0v) is 9.81. The first-order chi connectivity index (χ1) is 7.91. The van der Waals surface area contributed by atoms with Gasteiger partial charge in [-0.15, -0.1) is 0 Å². The Morgan fingerprint density at radius 2 is 2.24 bits per heavy atom. The van der Waals surface area contributed by atoms with Crippen molar-refractivity contribution in [3.63, 3.8) is 0 Å². The van der Waals surface area contributed by atoms with Crippen molar-refractivity contribution in [1.29, 1.82) is 5.26 Å². The van der Waals surface area contributed by atoms with Crippen molar-refractivity contribution in [2.75, 3.05) is 13.2 Å². The lowest BCUT2D eigenvalue weighted by atomic mass is 9.99. The third-order valence-corrected chi connectivity index (χ3v) is 2.88. The number of nitrogens with zero attached hydrogens (tertiary/aromatic N) is 1. The van der Waals surface area contributed by atoms with Gasteiger partial charge in [0.25, 0.3) is 0 Å². The van der Waals surface area contributed by atoms with Gasteiger partial charge in [0.1, 0.15) is 12.1 Å². The van der Waals surface area contributed by atoms with E-state index in [0.29, 0.717) is 25.8 Å². The minimum atomic E-state index is -4.30. The van der Waals surface area contributed by atoms with E-state index in [-0.39, 0.29) is 0 Å². The molecule has 1 fully saturated rings. The molecule has 0 aliphatic heterocycles. The molecule has 1 N–H and O–H groups in total. The molecule has 1 saturated carbocycles. The summed E-state index contributed by atoms with van der Waals surface area (Å²) >= 11 is 0. The van der Waals surface area contributed by atoms with Crippen molar-refractivity contribution in [3.8, 4) is 6.07 Å². The Hall–Kier alpha value is -0.800. The first-order valence-electron chi connectivity index (χ1n) is 5.75. The maximum atomic E-state index is 12.0. The van der Waals surface area contributed by atoms with Crippen molar-refractivity contribution in [2.45, 2.75) is 50.4 Å². The van der Waals surface area contributed by atoms with E-state index >= 15 is 0 Å². The van der Waals surface area contributed by atoms with Gasteiger partial charge in [0.2, 0.25) is 0 Å². The predicted molar refractivity (Wildman–Crippen MR) is 56.3 cm³/mol. The second-order valence-electron chi connectivity index (χ2n) is 4.41. The number of hydrogen-bond acceptors (Lipinski definition) is 3. The van der Waals surface area contributed by atoms with Crippen LogP contribution in [0.1, 0.15) is 32.6 Å². The van der Waals surface area contributed by atoms with Gasteiger partial charge in [0, 0.05) is 6.42 Å². The molecule has 0 radical (unpaired) electrons. The summed E-state index contributed by atoms with van der Waals surface area (Å²) < 4.78 is 40.7. The van der Waals surface area contributed by atoms with Crippen molar-refractivity contribution in [2.24, 2.45) is 0 Å². The average molecular weight is 250 g/mol. The lowest BCUT2D eigenvalue weighted by Gasteiger charge is -2.22. The van der Waals surface area contributed by atoms with Gasteiger partial charge in [-0.1, -0.05) is 6.92 Å². The molecule has 3 nitrogen and oxygen atoms in total. The third-order valence-electron chi connectivity index (χ3n) is 2.88. The highest BCUT2D eigenvalue weighted by Gasteiger charge is 2.41. The van der Waals surface area contributed by atoms with Crippen molar-refractivity contribution >= 4 is 0 Å². The normalized spacial score (nSPS) is 29.2. The first-order valence-corrected chi connectivity index (χ1v) is 5.75. The molecular weight excluding hydrogens is 233 g/mol. The Morgan fingerprint density at radius 1 is 1.53 bits per heavy atom. The molecule has 6 heteroatoms. The van der Waals surface area contributed by atoms with E-state index in [0.717, 1.165) is 6.42 Å². The molecule has 1 aliphatic rings. The molecule has 0 bridgehead atoms. The van der Waals surface area contributed by atoms with Gasteiger partial charge in [-0.3, -0.25) is 5.32 Å². The minimum absolute atomic E-state index is 0.333. The van der Waals surface area contributed by atoms with Crippen LogP contribution in [0.5, 0.6) is 0 Å². The molecule has 17 heavy (non-hydrogen) atoms. The first kappa shape index (κ1) is 14.3. The Kier molecular flexibility index (Phi) is 4.78. The predicted octanol–water partition coefficient (Wildman–Crippen LogP) is 2.38. The summed E-state index contributed by atoms with van der Waals surface area (Å²) in [6, 6.07) is 2.17. The summed E-state index contributed by atoms with van der Waals surface area (Å²) in [5, 5.41) is 12.2. The molecule has 2 unspecified atom stereocenters. The van der Waals surface area contributed by atoms with Gasteiger partial charge in [0.05, 0.1) is 12.2 Å². The molecule has 98 valence electrons. The molecule has 0 spiro atoms. The second-order valence-corrected chi connectivity index (χ2v) is 4.41. The molecule has 0 aromatic carbocycles. The summed E-state index contributed by atoms with van der Waals surface area (Å²) in [7, 11) is 0. The molecule has 0 heterocycles. The van der Waals surface area contributed by atoms with E-state index in [1.807, 2.05) is 6.92 Å². The quantitative estimate of drug-likeness (QED) is 0.814. The zero-order chi connectivity index (χ0) is 12.9. The summed E-state index contributed by atoms with van der Waals surface area (Å²) in [5.74, 6) is 0. The van der Waals surface area contributed by atoms with E-state index < -0.39 is 24.4 Å². The van der Waals surface area contributed by atoms with Crippen molar-refractivity contribution in [3.05, 3.63) is 0 Å². The number of nitrogens with one attached hydrogen (secondary N) is 1. The summed E-state index contributed by atoms with van der Waals surface area (Å²) in [6.07, 6.45) is -2.50. The fourth-order valence-electron chi connectivity index (χ4n) is 2.02. The van der Waals surface area contributed by atoms with Crippen LogP contribution in [0.15, 0.2) is 0 Å². The highest BCUT2D eigenvalue weighted by Crippen LogP contribution is 2.32. The summed E-state index contributed by atoms with van der Waals surface area (Å²) in [5.41, 5.74) is -0.702. The molecule has 0 aromatic rings. The molecule has 0 amide bonds. The van der Waals surface area contributed by atoms with Crippen LogP contribution in [0.3, 0.4) is 0 Å². The van der Waals surface area contributed by atoms with Crippen LogP contribution >= 0.6 is 0 Å². The standard InChI is InChI=1S/C11H17F3N2O/c1-2-5-16-10(7-15)4-3-9(6-10)17-8-11(12,13)14/h9,16H,2-6,8H2,1H3. The van der Waals surface area contributed by atoms with Gasteiger partial charge in [-0.05, 0) is 25.8 Å². The van der Waals surface area contributed by atoms with Crippen molar-refractivity contribution in [1.82, 2.24) is 5.32 Å². The smallest absolute Gasteiger partial charge is 0.369 e. The van der Waals surface area contributed by atoms with Crippen LogP contribution in [0.4, 0.5) is 13.2 Å². The lowest BCUT2D eigenvalue weighted by Crippen LogP contribution is -2.42. The number of rotatable bonds is 5. The van der Waals surface area contributed by atoms with Crippen LogP contribution < -0.4 is 5.32 Å². The van der Waals surface area contributed by atoms with Crippen LogP contribution in [0, 0.1) is 11.3 Å². The maximum absolute atomic E-state index is 12.0. The SMILES string of the molecule is CCCNC1(C#N)CCC(OCC(F)(F)F)C1. The van der Waals surface area contributed by atoms with E-state index in [9.17, 15) is 13.2 Å². The molecule has 0 saturated heterocycles. The number of ether oxygens (including phenoxy) is 1. The van der Waals surface area contributed by atoms with E-state index in [1.54, 1.807) is 0 Å². The van der Waals surface area contributed by atoms with Gasteiger partial charge >= 0.3 is 6.18 Å². The molecule has 1 aliphatic carbocycles. The Bertz CT molecular complexity index is 287. The maximum Gasteiger partial charge on any atom is 0.411 e. The Balaban J connectivity index is 2.42. The fraction of sp³-hybridized carbons (Fsp3) is 0.909. The average Bonchev–Trinajstić information content (AvgIpc) is 2.67. The zero-order valence-electron chi connectivity index (χ0n) is 9.81. The molecular formula is C11H17F3N2O. The van der Waals surface area contributed by atoms with Crippen LogP contribution in [0.2, 0.25) is 0 Å². The van der Waals surface area contributed by atoms with Gasteiger partial charge in [-0.25, -0.2) is 0 Å². The Morgan fingerprint density at radius 3 is 2.76 bits per heavy atom. The van der Waals surface area contributed by atoms with E-state index in [2.05, 4.69) is 11.4 Å². The second kappa shape index (κ2) is 5.69. The van der Waals surface area contributed by atoms with Crippen LogP contribution in [-0.2, 0) is 4.74 Å². The van der Waals surface area contributed by atoms with Gasteiger partial charge in [-0.2, -0.15) is 18.4 Å². The van der Waals surface area contributed by atoms with Gasteiger partial charge < -0.3 is 4.74 Å². The number of nitriles is 1. The topological polar surface area (TPSA) is 45.0 Å². The third kappa shape index (κ3) is 4.52. The van der Waals surface area contributed by atoms with E-state index in [4.69, 9.17) is 10.00 Å². The largest absolute Gasteiger partial charge is 0.411 e. The van der Waals surface area contributed by atoms with Crippen LogP contribution in [0.25, 0.3) is 0 Å². The highest BCUT2D eigenvalue weighted by molar-refractivity contribution is 5.12. The minimum Gasteiger partial charge on any atom is -0.369 e. The lowest BCUT2D eigenvalue weighted by molar-refractivity contribution is -0.184. The fourth-order valence-corrected chi connectivity index (χ4v) is 2.02. The summed E-state index contributed by atoms with van der Waals surface area (Å²) in [6.45, 7) is 1.44. The number of halogens is 3. The van der Waals surface area contributed by atoms with Crippen molar-refractivity contribution < 1.29 is 17.9 Å². The number of hydrogen-bond donors (Lipinski definition) is 1. The molecule has 1 rings (SSSR count). The monoisotopic (exact) mass is 250 g/mol. The van der Waals surface area contributed by atoms with Crippen LogP contribution in [-0.4, -0.2) is 31.0 Å². The van der Waals surface area contributed by atoms with E-state index in [1.165, 1.54) is 0 Å².